The van der Waals surface area contributed by atoms with E-state index in [-0.39, 0.29) is 12.2 Å². The first-order valence-corrected chi connectivity index (χ1v) is 13.5. The summed E-state index contributed by atoms with van der Waals surface area (Å²) in [5, 5.41) is 0. The van der Waals surface area contributed by atoms with Gasteiger partial charge in [-0.1, -0.05) is 77.0 Å². The fourth-order valence-electron chi connectivity index (χ4n) is 6.07. The summed E-state index contributed by atoms with van der Waals surface area (Å²) in [6.45, 7) is 0. The van der Waals surface area contributed by atoms with Crippen LogP contribution in [0.2, 0.25) is 0 Å². The summed E-state index contributed by atoms with van der Waals surface area (Å²) < 4.78 is 13.7. The van der Waals surface area contributed by atoms with Gasteiger partial charge in [0.25, 0.3) is 0 Å². The van der Waals surface area contributed by atoms with Gasteiger partial charge in [-0.3, -0.25) is 0 Å². The monoisotopic (exact) mass is 422 g/mol. The van der Waals surface area contributed by atoms with E-state index in [4.69, 9.17) is 19.2 Å². The maximum Gasteiger partial charge on any atom is 0.228 e. The zero-order valence-electron chi connectivity index (χ0n) is 19.3. The lowest BCUT2D eigenvalue weighted by molar-refractivity contribution is -0.476. The number of ether oxygens (including phenoxy) is 2. The third-order valence-corrected chi connectivity index (χ3v) is 7.94. The lowest BCUT2D eigenvalue weighted by atomic mass is 9.91. The fourth-order valence-corrected chi connectivity index (χ4v) is 6.07. The molecule has 0 bridgehead atoms. The first-order chi connectivity index (χ1) is 14.8. The Kier molecular flexibility index (Phi) is 9.34. The maximum atomic E-state index is 6.93. The molecule has 4 heteroatoms. The van der Waals surface area contributed by atoms with Gasteiger partial charge in [0.15, 0.2) is 0 Å². The van der Waals surface area contributed by atoms with Crippen LogP contribution >= 0.6 is 0 Å². The van der Waals surface area contributed by atoms with Gasteiger partial charge in [0, 0.05) is 6.42 Å². The Labute approximate surface area is 184 Å². The van der Waals surface area contributed by atoms with Crippen LogP contribution in [0.15, 0.2) is 0 Å². The fraction of sp³-hybridized carbons (Fsp3) is 1.00. The van der Waals surface area contributed by atoms with E-state index >= 15 is 0 Å². The SMILES string of the molecule is C1CCCC(OOC2(OC3CCCCC3)CCCCCCC2OC2CCCC2)CC1. The summed E-state index contributed by atoms with van der Waals surface area (Å²) in [4.78, 5) is 12.7. The molecule has 4 rings (SSSR count). The quantitative estimate of drug-likeness (QED) is 0.185. The van der Waals surface area contributed by atoms with Crippen LogP contribution in [-0.4, -0.2) is 30.2 Å². The lowest BCUT2D eigenvalue weighted by Crippen LogP contribution is -2.53. The van der Waals surface area contributed by atoms with Gasteiger partial charge < -0.3 is 9.47 Å². The average molecular weight is 423 g/mol. The Balaban J connectivity index is 1.49. The van der Waals surface area contributed by atoms with E-state index in [1.54, 1.807) is 0 Å². The lowest BCUT2D eigenvalue weighted by Gasteiger charge is -2.44. The molecule has 0 aromatic rings. The first-order valence-electron chi connectivity index (χ1n) is 13.5. The summed E-state index contributed by atoms with van der Waals surface area (Å²) in [5.74, 6) is -0.711. The van der Waals surface area contributed by atoms with Crippen molar-refractivity contribution in [1.29, 1.82) is 0 Å². The normalized spacial score (nSPS) is 33.8. The van der Waals surface area contributed by atoms with E-state index in [0.29, 0.717) is 12.2 Å². The molecule has 0 radical (unpaired) electrons. The molecule has 4 nitrogen and oxygen atoms in total. The van der Waals surface area contributed by atoms with Gasteiger partial charge in [-0.2, -0.15) is 4.89 Å². The summed E-state index contributed by atoms with van der Waals surface area (Å²) in [6, 6.07) is 0. The predicted molar refractivity (Wildman–Crippen MR) is 119 cm³/mol. The molecule has 4 aliphatic rings. The smallest absolute Gasteiger partial charge is 0.228 e. The Morgan fingerprint density at radius 3 is 1.67 bits per heavy atom. The molecule has 0 aromatic carbocycles. The summed E-state index contributed by atoms with van der Waals surface area (Å²) in [6.07, 6.45) is 26.4. The molecule has 4 aliphatic carbocycles. The Morgan fingerprint density at radius 1 is 0.467 bits per heavy atom. The van der Waals surface area contributed by atoms with Crippen LogP contribution in [0, 0.1) is 0 Å². The largest absolute Gasteiger partial charge is 0.369 e. The van der Waals surface area contributed by atoms with E-state index in [1.165, 1.54) is 89.9 Å². The molecule has 2 unspecified atom stereocenters. The van der Waals surface area contributed by atoms with Crippen LogP contribution in [0.25, 0.3) is 0 Å². The van der Waals surface area contributed by atoms with Crippen molar-refractivity contribution in [2.75, 3.05) is 0 Å². The molecule has 0 aromatic heterocycles. The van der Waals surface area contributed by atoms with Crippen molar-refractivity contribution in [1.82, 2.24) is 0 Å². The molecule has 30 heavy (non-hydrogen) atoms. The molecular weight excluding hydrogens is 376 g/mol. The van der Waals surface area contributed by atoms with E-state index < -0.39 is 5.79 Å². The molecule has 0 heterocycles. The number of hydrogen-bond donors (Lipinski definition) is 0. The molecule has 4 saturated carbocycles. The highest BCUT2D eigenvalue weighted by atomic mass is 17.2. The molecule has 2 atom stereocenters. The second-order valence-electron chi connectivity index (χ2n) is 10.5. The summed E-state index contributed by atoms with van der Waals surface area (Å²) >= 11 is 0. The molecule has 4 fully saturated rings. The molecule has 0 aliphatic heterocycles. The second-order valence-corrected chi connectivity index (χ2v) is 10.5. The van der Waals surface area contributed by atoms with E-state index in [9.17, 15) is 0 Å². The molecule has 0 saturated heterocycles. The van der Waals surface area contributed by atoms with Crippen LogP contribution in [0.3, 0.4) is 0 Å². The Bertz CT molecular complexity index is 464. The van der Waals surface area contributed by atoms with E-state index in [0.717, 1.165) is 44.9 Å². The highest BCUT2D eigenvalue weighted by molar-refractivity contribution is 4.86. The van der Waals surface area contributed by atoms with Crippen LogP contribution in [0.5, 0.6) is 0 Å². The highest BCUT2D eigenvalue weighted by Crippen LogP contribution is 2.40. The Hall–Kier alpha value is -0.160. The van der Waals surface area contributed by atoms with Crippen molar-refractivity contribution < 1.29 is 19.2 Å². The van der Waals surface area contributed by atoms with Crippen LogP contribution < -0.4 is 0 Å². The van der Waals surface area contributed by atoms with Crippen LogP contribution in [0.4, 0.5) is 0 Å². The van der Waals surface area contributed by atoms with Gasteiger partial charge in [-0.05, 0) is 51.4 Å². The van der Waals surface area contributed by atoms with Crippen LogP contribution in [0.1, 0.15) is 135 Å². The highest BCUT2D eigenvalue weighted by Gasteiger charge is 2.47. The zero-order chi connectivity index (χ0) is 20.5. The van der Waals surface area contributed by atoms with E-state index in [2.05, 4.69) is 0 Å². The summed E-state index contributed by atoms with van der Waals surface area (Å²) in [7, 11) is 0. The predicted octanol–water partition coefficient (Wildman–Crippen LogP) is 7.39. The van der Waals surface area contributed by atoms with Gasteiger partial charge in [0.2, 0.25) is 5.79 Å². The summed E-state index contributed by atoms with van der Waals surface area (Å²) in [5.41, 5.74) is 0. The van der Waals surface area contributed by atoms with Crippen molar-refractivity contribution in [3.05, 3.63) is 0 Å². The number of hydrogen-bond acceptors (Lipinski definition) is 4. The third-order valence-electron chi connectivity index (χ3n) is 7.94. The molecule has 174 valence electrons. The van der Waals surface area contributed by atoms with Gasteiger partial charge in [0.05, 0.1) is 18.3 Å². The van der Waals surface area contributed by atoms with Gasteiger partial charge in [-0.15, -0.1) is 0 Å². The molecule has 0 amide bonds. The average Bonchev–Trinajstić information content (AvgIpc) is 3.13. The van der Waals surface area contributed by atoms with Crippen LogP contribution in [-0.2, 0) is 19.2 Å². The number of rotatable bonds is 7. The van der Waals surface area contributed by atoms with Crippen molar-refractivity contribution in [3.63, 3.8) is 0 Å². The first kappa shape index (κ1) is 23.0. The van der Waals surface area contributed by atoms with Crippen molar-refractivity contribution in [3.8, 4) is 0 Å². The minimum absolute atomic E-state index is 0.00797. The molecular formula is C26H46O4. The van der Waals surface area contributed by atoms with Crippen molar-refractivity contribution in [2.24, 2.45) is 0 Å². The topological polar surface area (TPSA) is 36.9 Å². The van der Waals surface area contributed by atoms with Crippen molar-refractivity contribution in [2.45, 2.75) is 165 Å². The standard InChI is InChI=1S/C26H46O4/c1-2-7-19-24(18-6-1)29-30-26(28-23-16-8-5-9-17-23)21-13-4-3-10-20-25(26)27-22-14-11-12-15-22/h22-25H,1-21H2. The second kappa shape index (κ2) is 12.2. The third kappa shape index (κ3) is 6.67. The van der Waals surface area contributed by atoms with E-state index in [1.807, 2.05) is 0 Å². The van der Waals surface area contributed by atoms with Gasteiger partial charge in [0.1, 0.15) is 6.10 Å². The zero-order valence-corrected chi connectivity index (χ0v) is 19.3. The van der Waals surface area contributed by atoms with Crippen molar-refractivity contribution >= 4 is 0 Å². The molecule has 0 N–H and O–H groups in total. The minimum Gasteiger partial charge on any atom is -0.369 e. The minimum atomic E-state index is -0.711. The van der Waals surface area contributed by atoms with Gasteiger partial charge in [-0.25, -0.2) is 4.89 Å². The van der Waals surface area contributed by atoms with Gasteiger partial charge >= 0.3 is 0 Å². The molecule has 0 spiro atoms. The Morgan fingerprint density at radius 2 is 0.967 bits per heavy atom. The maximum absolute atomic E-state index is 6.93.